The van der Waals surface area contributed by atoms with Crippen LogP contribution in [0.15, 0.2) is 0 Å². The molecule has 0 bridgehead atoms. The topological polar surface area (TPSA) is 156 Å². The molecule has 2 atom stereocenters. The van der Waals surface area contributed by atoms with Crippen LogP contribution in [-0.2, 0) is 24.2 Å². The average molecular weight is 267 g/mol. The third-order valence-electron chi connectivity index (χ3n) is 1.18. The lowest BCUT2D eigenvalue weighted by Gasteiger charge is -2.05. The molecule has 106 valence electrons. The quantitative estimate of drug-likeness (QED) is 0.271. The summed E-state index contributed by atoms with van der Waals surface area (Å²) in [6, 6.07) is 0. The van der Waals surface area contributed by atoms with E-state index in [-0.39, 0.29) is 12.8 Å². The fourth-order valence-electron chi connectivity index (χ4n) is 0.418. The van der Waals surface area contributed by atoms with E-state index in [4.69, 9.17) is 15.3 Å². The van der Waals surface area contributed by atoms with Crippen LogP contribution in [0.5, 0.6) is 0 Å². The summed E-state index contributed by atoms with van der Waals surface area (Å²) in [6.07, 6.45) is -2.69. The number of hydrogen-bond acceptors (Lipinski definition) is 7. The maximum Gasteiger partial charge on any atom is 0.342 e. The van der Waals surface area contributed by atoms with Crippen LogP contribution in [0.3, 0.4) is 0 Å². The molecule has 0 aliphatic carbocycles. The molecule has 0 spiro atoms. The maximum absolute atomic E-state index is 10.7. The lowest BCUT2D eigenvalue weighted by atomic mass is 10.3. The predicted octanol–water partition coefficient (Wildman–Crippen LogP) is -0.917. The van der Waals surface area contributed by atoms with E-state index in [1.165, 1.54) is 13.8 Å². The van der Waals surface area contributed by atoms with Crippen LogP contribution < -0.4 is 5.73 Å². The van der Waals surface area contributed by atoms with Crippen LogP contribution in [-0.4, -0.2) is 45.6 Å². The second kappa shape index (κ2) is 10.4. The van der Waals surface area contributed by atoms with Crippen LogP contribution >= 0.6 is 0 Å². The van der Waals surface area contributed by atoms with E-state index in [9.17, 15) is 14.4 Å². The smallest absolute Gasteiger partial charge is 0.342 e. The number of carbonyl (C=O) groups excluding carboxylic acids is 1. The summed E-state index contributed by atoms with van der Waals surface area (Å²) in [5, 5.41) is 24.3. The molecule has 0 aliphatic rings. The van der Waals surface area contributed by atoms with Crippen molar-refractivity contribution in [2.45, 2.75) is 39.0 Å². The summed E-state index contributed by atoms with van der Waals surface area (Å²) in [6.45, 7) is 2.67. The van der Waals surface area contributed by atoms with Crippen molar-refractivity contribution in [3.63, 3.8) is 0 Å². The number of aliphatic hydroxyl groups is 1. The first-order valence-electron chi connectivity index (χ1n) is 4.91. The average Bonchev–Trinajstić information content (AvgIpc) is 2.21. The van der Waals surface area contributed by atoms with Gasteiger partial charge in [-0.05, 0) is 13.8 Å². The summed E-state index contributed by atoms with van der Waals surface area (Å²) < 4.78 is 0. The van der Waals surface area contributed by atoms with Gasteiger partial charge in [0.2, 0.25) is 0 Å². The van der Waals surface area contributed by atoms with Gasteiger partial charge in [0.15, 0.2) is 6.10 Å². The van der Waals surface area contributed by atoms with E-state index >= 15 is 0 Å². The Labute approximate surface area is 103 Å². The molecule has 5 N–H and O–H groups in total. The van der Waals surface area contributed by atoms with Crippen molar-refractivity contribution in [2.24, 2.45) is 5.73 Å². The lowest BCUT2D eigenvalue weighted by Crippen LogP contribution is -2.22. The van der Waals surface area contributed by atoms with Crippen molar-refractivity contribution in [3.05, 3.63) is 0 Å². The van der Waals surface area contributed by atoms with Crippen molar-refractivity contribution in [1.29, 1.82) is 0 Å². The summed E-state index contributed by atoms with van der Waals surface area (Å²) in [4.78, 5) is 39.0. The second-order valence-electron chi connectivity index (χ2n) is 3.17. The van der Waals surface area contributed by atoms with Gasteiger partial charge in [0.05, 0.1) is 19.1 Å². The second-order valence-corrected chi connectivity index (χ2v) is 3.17. The van der Waals surface area contributed by atoms with Gasteiger partial charge in [-0.3, -0.25) is 9.68 Å². The molecular weight excluding hydrogens is 250 g/mol. The SMILES string of the molecule is CC(N)O.CC(OOC(=O)CCC(=O)O)C(=O)O. The Morgan fingerprint density at radius 1 is 1.17 bits per heavy atom. The molecular formula is C9H17NO8. The number of carboxylic acids is 2. The van der Waals surface area contributed by atoms with Gasteiger partial charge in [-0.15, -0.1) is 0 Å². The highest BCUT2D eigenvalue weighted by Crippen LogP contribution is 1.97. The number of carboxylic acid groups (broad SMARTS) is 2. The van der Waals surface area contributed by atoms with Crippen LogP contribution in [0.25, 0.3) is 0 Å². The normalized spacial score (nSPS) is 12.7. The first-order chi connectivity index (χ1) is 8.16. The van der Waals surface area contributed by atoms with Crippen molar-refractivity contribution >= 4 is 17.9 Å². The van der Waals surface area contributed by atoms with Crippen molar-refractivity contribution in [1.82, 2.24) is 0 Å². The monoisotopic (exact) mass is 267 g/mol. The molecule has 0 radical (unpaired) electrons. The number of carbonyl (C=O) groups is 3. The van der Waals surface area contributed by atoms with Gasteiger partial charge in [-0.25, -0.2) is 9.59 Å². The van der Waals surface area contributed by atoms with Crippen LogP contribution in [0.2, 0.25) is 0 Å². The zero-order valence-corrected chi connectivity index (χ0v) is 10.0. The minimum atomic E-state index is -1.28. The van der Waals surface area contributed by atoms with Gasteiger partial charge in [0.1, 0.15) is 0 Å². The van der Waals surface area contributed by atoms with Crippen LogP contribution in [0, 0.1) is 0 Å². The summed E-state index contributed by atoms with van der Waals surface area (Å²) in [7, 11) is 0. The van der Waals surface area contributed by atoms with E-state index in [0.717, 1.165) is 0 Å². The first kappa shape index (κ1) is 18.6. The van der Waals surface area contributed by atoms with Gasteiger partial charge >= 0.3 is 17.9 Å². The Balaban J connectivity index is 0. The molecule has 0 aromatic rings. The minimum absolute atomic E-state index is 0.359. The third-order valence-corrected chi connectivity index (χ3v) is 1.18. The fourth-order valence-corrected chi connectivity index (χ4v) is 0.418. The Bertz CT molecular complexity index is 275. The molecule has 0 aromatic carbocycles. The van der Waals surface area contributed by atoms with Gasteiger partial charge in [-0.1, -0.05) is 0 Å². The van der Waals surface area contributed by atoms with E-state index in [1.54, 1.807) is 0 Å². The molecule has 0 rings (SSSR count). The molecule has 0 aliphatic heterocycles. The summed E-state index contributed by atoms with van der Waals surface area (Å²) >= 11 is 0. The van der Waals surface area contributed by atoms with Crippen molar-refractivity contribution in [2.75, 3.05) is 0 Å². The molecule has 0 saturated carbocycles. The zero-order valence-electron chi connectivity index (χ0n) is 10.0. The van der Waals surface area contributed by atoms with Crippen LogP contribution in [0.1, 0.15) is 26.7 Å². The summed E-state index contributed by atoms with van der Waals surface area (Å²) in [5.74, 6) is -3.34. The molecule has 9 nitrogen and oxygen atoms in total. The van der Waals surface area contributed by atoms with E-state index in [0.29, 0.717) is 0 Å². The van der Waals surface area contributed by atoms with Gasteiger partial charge in [0, 0.05) is 0 Å². The van der Waals surface area contributed by atoms with Gasteiger partial charge < -0.3 is 21.1 Å². The number of aliphatic hydroxyl groups excluding tert-OH is 1. The Morgan fingerprint density at radius 3 is 1.94 bits per heavy atom. The standard InChI is InChI=1S/C7H10O7.C2H7NO/c1-4(7(11)12)13-14-6(10)3-2-5(8)9;1-2(3)4/h4H,2-3H2,1H3,(H,8,9)(H,11,12);2,4H,3H2,1H3. The number of hydrogen-bond donors (Lipinski definition) is 4. The molecule has 18 heavy (non-hydrogen) atoms. The Morgan fingerprint density at radius 2 is 1.61 bits per heavy atom. The van der Waals surface area contributed by atoms with Crippen molar-refractivity contribution in [3.8, 4) is 0 Å². The fraction of sp³-hybridized carbons (Fsp3) is 0.667. The van der Waals surface area contributed by atoms with E-state index in [2.05, 4.69) is 15.5 Å². The van der Waals surface area contributed by atoms with Crippen LogP contribution in [0.4, 0.5) is 0 Å². The zero-order chi connectivity index (χ0) is 14.7. The summed E-state index contributed by atoms with van der Waals surface area (Å²) in [5.41, 5.74) is 4.67. The lowest BCUT2D eigenvalue weighted by molar-refractivity contribution is -0.292. The number of nitrogens with two attached hydrogens (primary N) is 1. The van der Waals surface area contributed by atoms with Gasteiger partial charge in [-0.2, -0.15) is 4.89 Å². The van der Waals surface area contributed by atoms with E-state index in [1.807, 2.05) is 0 Å². The largest absolute Gasteiger partial charge is 0.481 e. The number of aliphatic carboxylic acids is 2. The predicted molar refractivity (Wildman–Crippen MR) is 57.0 cm³/mol. The molecule has 0 fully saturated rings. The molecule has 2 unspecified atom stereocenters. The number of rotatable bonds is 6. The molecule has 0 heterocycles. The highest BCUT2D eigenvalue weighted by Gasteiger charge is 2.15. The maximum atomic E-state index is 10.7. The third kappa shape index (κ3) is 16.7. The molecule has 0 saturated heterocycles. The van der Waals surface area contributed by atoms with E-state index < -0.39 is 30.2 Å². The highest BCUT2D eigenvalue weighted by atomic mass is 17.2. The Hall–Kier alpha value is -1.71. The highest BCUT2D eigenvalue weighted by molar-refractivity contribution is 5.76. The molecule has 9 heteroatoms. The van der Waals surface area contributed by atoms with Gasteiger partial charge in [0.25, 0.3) is 0 Å². The Kier molecular flexibility index (Phi) is 10.8. The molecule has 0 amide bonds. The van der Waals surface area contributed by atoms with Crippen molar-refractivity contribution < 1.29 is 39.5 Å². The first-order valence-corrected chi connectivity index (χ1v) is 4.91. The molecule has 0 aromatic heterocycles. The minimum Gasteiger partial charge on any atom is -0.481 e.